The van der Waals surface area contributed by atoms with Crippen molar-refractivity contribution in [2.24, 2.45) is 0 Å². The van der Waals surface area contributed by atoms with E-state index in [1.165, 1.54) is 29.8 Å². The van der Waals surface area contributed by atoms with Crippen molar-refractivity contribution in [1.29, 1.82) is 0 Å². The highest BCUT2D eigenvalue weighted by Gasteiger charge is 2.35. The summed E-state index contributed by atoms with van der Waals surface area (Å²) >= 11 is 0. The van der Waals surface area contributed by atoms with E-state index >= 15 is 0 Å². The average molecular weight is 321 g/mol. The van der Waals surface area contributed by atoms with Crippen molar-refractivity contribution < 1.29 is 17.6 Å². The zero-order chi connectivity index (χ0) is 15.6. The lowest BCUT2D eigenvalue weighted by Gasteiger charge is -2.27. The number of furan rings is 1. The molecule has 1 atom stereocenters. The lowest BCUT2D eigenvalue weighted by molar-refractivity contribution is 0.0659. The lowest BCUT2D eigenvalue weighted by Crippen LogP contribution is -2.41. The van der Waals surface area contributed by atoms with E-state index in [1.54, 1.807) is 12.1 Å². The highest BCUT2D eigenvalue weighted by molar-refractivity contribution is 7.91. The molecule has 22 heavy (non-hydrogen) atoms. The fraction of sp³-hybridized carbons (Fsp3) is 0.357. The predicted octanol–water partition coefficient (Wildman–Crippen LogP) is 0.899. The summed E-state index contributed by atoms with van der Waals surface area (Å²) in [7, 11) is -3.10. The van der Waals surface area contributed by atoms with Crippen LogP contribution in [0.4, 0.5) is 0 Å². The van der Waals surface area contributed by atoms with Crippen LogP contribution in [0.3, 0.4) is 0 Å². The lowest BCUT2D eigenvalue weighted by atomic mass is 10.2. The van der Waals surface area contributed by atoms with Gasteiger partial charge >= 0.3 is 0 Å². The van der Waals surface area contributed by atoms with Gasteiger partial charge in [0.05, 0.1) is 30.5 Å². The van der Waals surface area contributed by atoms with Gasteiger partial charge in [0.15, 0.2) is 9.84 Å². The monoisotopic (exact) mass is 321 g/mol. The molecular weight excluding hydrogens is 306 g/mol. The maximum absolute atomic E-state index is 12.7. The Balaban J connectivity index is 1.87. The first-order valence-corrected chi connectivity index (χ1v) is 8.67. The quantitative estimate of drug-likeness (QED) is 0.830. The highest BCUT2D eigenvalue weighted by atomic mass is 32.2. The smallest absolute Gasteiger partial charge is 0.274 e. The maximum atomic E-state index is 12.7. The topological polar surface area (TPSA) is 93.4 Å². The standard InChI is InChI=1S/C14H15N3O4S/c18-14(13-8-15-4-5-16-13)17(9-12-2-1-6-21-12)11-3-7-22(19,20)10-11/h1-2,4-6,8,11H,3,7,9-10H2. The second-order valence-electron chi connectivity index (χ2n) is 5.16. The van der Waals surface area contributed by atoms with Crippen LogP contribution in [0.2, 0.25) is 0 Å². The van der Waals surface area contributed by atoms with Gasteiger partial charge in [-0.15, -0.1) is 0 Å². The first kappa shape index (κ1) is 14.7. The van der Waals surface area contributed by atoms with Gasteiger partial charge in [-0.1, -0.05) is 0 Å². The summed E-state index contributed by atoms with van der Waals surface area (Å²) in [5, 5.41) is 0. The van der Waals surface area contributed by atoms with Crippen molar-refractivity contribution in [2.75, 3.05) is 11.5 Å². The zero-order valence-electron chi connectivity index (χ0n) is 11.8. The molecule has 0 N–H and O–H groups in total. The summed E-state index contributed by atoms with van der Waals surface area (Å²) in [6, 6.07) is 3.11. The van der Waals surface area contributed by atoms with Crippen molar-refractivity contribution in [3.8, 4) is 0 Å². The van der Waals surface area contributed by atoms with Crippen molar-refractivity contribution in [2.45, 2.75) is 19.0 Å². The van der Waals surface area contributed by atoms with E-state index in [0.717, 1.165) is 0 Å². The maximum Gasteiger partial charge on any atom is 0.274 e. The summed E-state index contributed by atoms with van der Waals surface area (Å²) in [5.74, 6) is 0.327. The number of hydrogen-bond acceptors (Lipinski definition) is 6. The second-order valence-corrected chi connectivity index (χ2v) is 7.39. The van der Waals surface area contributed by atoms with Crippen LogP contribution in [-0.4, -0.2) is 46.7 Å². The summed E-state index contributed by atoms with van der Waals surface area (Å²) in [4.78, 5) is 22.1. The van der Waals surface area contributed by atoms with Gasteiger partial charge in [0.2, 0.25) is 0 Å². The molecule has 1 aliphatic heterocycles. The Labute approximate surface area is 127 Å². The van der Waals surface area contributed by atoms with Crippen molar-refractivity contribution in [3.63, 3.8) is 0 Å². The summed E-state index contributed by atoms with van der Waals surface area (Å²) in [6.07, 6.45) is 6.24. The number of nitrogens with zero attached hydrogens (tertiary/aromatic N) is 3. The largest absolute Gasteiger partial charge is 0.467 e. The molecule has 3 heterocycles. The normalized spacial score (nSPS) is 19.9. The van der Waals surface area contributed by atoms with Crippen LogP contribution < -0.4 is 0 Å². The Morgan fingerprint density at radius 2 is 2.27 bits per heavy atom. The molecule has 116 valence electrons. The van der Waals surface area contributed by atoms with Gasteiger partial charge in [-0.3, -0.25) is 9.78 Å². The molecule has 7 nitrogen and oxygen atoms in total. The van der Waals surface area contributed by atoms with Crippen molar-refractivity contribution in [1.82, 2.24) is 14.9 Å². The van der Waals surface area contributed by atoms with Crippen LogP contribution in [0.25, 0.3) is 0 Å². The average Bonchev–Trinajstić information content (AvgIpc) is 3.14. The molecule has 0 aliphatic carbocycles. The Morgan fingerprint density at radius 1 is 1.41 bits per heavy atom. The van der Waals surface area contributed by atoms with E-state index < -0.39 is 9.84 Å². The predicted molar refractivity (Wildman–Crippen MR) is 77.7 cm³/mol. The first-order chi connectivity index (χ1) is 10.6. The molecule has 1 amide bonds. The van der Waals surface area contributed by atoms with Crippen LogP contribution in [0.1, 0.15) is 22.7 Å². The molecule has 1 saturated heterocycles. The second kappa shape index (κ2) is 5.88. The molecule has 2 aromatic heterocycles. The fourth-order valence-electron chi connectivity index (χ4n) is 2.52. The van der Waals surface area contributed by atoms with E-state index in [-0.39, 0.29) is 35.7 Å². The van der Waals surface area contributed by atoms with Gasteiger partial charge in [-0.25, -0.2) is 13.4 Å². The molecule has 3 rings (SSSR count). The molecule has 2 aromatic rings. The van der Waals surface area contributed by atoms with Crippen LogP contribution >= 0.6 is 0 Å². The molecule has 0 bridgehead atoms. The minimum Gasteiger partial charge on any atom is -0.467 e. The van der Waals surface area contributed by atoms with Crippen molar-refractivity contribution >= 4 is 15.7 Å². The summed E-state index contributed by atoms with van der Waals surface area (Å²) < 4.78 is 28.7. The third-order valence-corrected chi connectivity index (χ3v) is 5.35. The molecule has 0 radical (unpaired) electrons. The Bertz CT molecular complexity index is 744. The van der Waals surface area contributed by atoms with Crippen LogP contribution in [0.5, 0.6) is 0 Å². The molecule has 0 aromatic carbocycles. The van der Waals surface area contributed by atoms with Gasteiger partial charge in [0.25, 0.3) is 5.91 Å². The van der Waals surface area contributed by atoms with Crippen molar-refractivity contribution in [3.05, 3.63) is 48.4 Å². The number of carbonyl (C=O) groups is 1. The number of rotatable bonds is 4. The molecular formula is C14H15N3O4S. The summed E-state index contributed by atoms with van der Waals surface area (Å²) in [5.41, 5.74) is 0.193. The third-order valence-electron chi connectivity index (χ3n) is 3.60. The number of carbonyl (C=O) groups excluding carboxylic acids is 1. The minimum atomic E-state index is -3.10. The van der Waals surface area contributed by atoms with E-state index in [1.807, 2.05) is 0 Å². The Kier molecular flexibility index (Phi) is 3.93. The van der Waals surface area contributed by atoms with Crippen LogP contribution in [0, 0.1) is 0 Å². The van der Waals surface area contributed by atoms with E-state index in [0.29, 0.717) is 12.2 Å². The van der Waals surface area contributed by atoms with Crippen LogP contribution in [0.15, 0.2) is 41.4 Å². The van der Waals surface area contributed by atoms with Gasteiger partial charge in [-0.2, -0.15) is 0 Å². The highest BCUT2D eigenvalue weighted by Crippen LogP contribution is 2.21. The molecule has 8 heteroatoms. The number of amides is 1. The number of aromatic nitrogens is 2. The van der Waals surface area contributed by atoms with E-state index in [2.05, 4.69) is 9.97 Å². The molecule has 1 fully saturated rings. The number of sulfone groups is 1. The molecule has 1 unspecified atom stereocenters. The van der Waals surface area contributed by atoms with Gasteiger partial charge in [0.1, 0.15) is 11.5 Å². The van der Waals surface area contributed by atoms with Crippen LogP contribution in [-0.2, 0) is 16.4 Å². The van der Waals surface area contributed by atoms with Gasteiger partial charge < -0.3 is 9.32 Å². The number of hydrogen-bond donors (Lipinski definition) is 0. The molecule has 0 saturated carbocycles. The first-order valence-electron chi connectivity index (χ1n) is 6.85. The van der Waals surface area contributed by atoms with Gasteiger partial charge in [-0.05, 0) is 18.6 Å². The Hall–Kier alpha value is -2.22. The van der Waals surface area contributed by atoms with E-state index in [4.69, 9.17) is 4.42 Å². The summed E-state index contributed by atoms with van der Waals surface area (Å²) in [6.45, 7) is 0.211. The molecule has 1 aliphatic rings. The molecule has 0 spiro atoms. The third kappa shape index (κ3) is 3.16. The fourth-order valence-corrected chi connectivity index (χ4v) is 4.25. The van der Waals surface area contributed by atoms with Gasteiger partial charge in [0, 0.05) is 18.4 Å². The van der Waals surface area contributed by atoms with E-state index in [9.17, 15) is 13.2 Å². The SMILES string of the molecule is O=C(c1cnccn1)N(Cc1ccco1)C1CCS(=O)(=O)C1. The zero-order valence-corrected chi connectivity index (χ0v) is 12.6. The minimum absolute atomic E-state index is 0.0281. The Morgan fingerprint density at radius 3 is 2.86 bits per heavy atom.